The van der Waals surface area contributed by atoms with E-state index in [0.29, 0.717) is 12.0 Å². The highest BCUT2D eigenvalue weighted by atomic mass is 16.6. The lowest BCUT2D eigenvalue weighted by Gasteiger charge is -2.32. The van der Waals surface area contributed by atoms with Crippen molar-refractivity contribution < 1.29 is 9.53 Å². The largest absolute Gasteiger partial charge is 0.444 e. The first-order valence-electron chi connectivity index (χ1n) is 8.94. The summed E-state index contributed by atoms with van der Waals surface area (Å²) in [4.78, 5) is 16.6. The number of hydrogen-bond donors (Lipinski definition) is 0. The number of likely N-dealkylation sites (tertiary alicyclic amines) is 1. The molecule has 0 unspecified atom stereocenters. The molecule has 1 fully saturated rings. The zero-order chi connectivity index (χ0) is 17.9. The van der Waals surface area contributed by atoms with Crippen molar-refractivity contribution in [2.45, 2.75) is 58.7 Å². The molecule has 0 aliphatic carbocycles. The molecule has 2 rings (SSSR count). The van der Waals surface area contributed by atoms with Crippen LogP contribution in [-0.2, 0) is 4.74 Å². The third-order valence-corrected chi connectivity index (χ3v) is 5.06. The van der Waals surface area contributed by atoms with Crippen LogP contribution in [0.2, 0.25) is 0 Å². The van der Waals surface area contributed by atoms with Crippen LogP contribution in [0, 0.1) is 5.92 Å². The van der Waals surface area contributed by atoms with Crippen LogP contribution in [0.3, 0.4) is 0 Å². The smallest absolute Gasteiger partial charge is 0.410 e. The van der Waals surface area contributed by atoms with E-state index in [1.165, 1.54) is 5.56 Å². The monoisotopic (exact) mass is 332 g/mol. The minimum Gasteiger partial charge on any atom is -0.444 e. The molecule has 4 heteroatoms. The van der Waals surface area contributed by atoms with Crippen molar-refractivity contribution in [3.8, 4) is 0 Å². The molecule has 0 saturated carbocycles. The van der Waals surface area contributed by atoms with Crippen molar-refractivity contribution in [3.05, 3.63) is 35.9 Å². The second-order valence-electron chi connectivity index (χ2n) is 7.96. The summed E-state index contributed by atoms with van der Waals surface area (Å²) in [6.07, 6.45) is 0.885. The van der Waals surface area contributed by atoms with E-state index < -0.39 is 5.60 Å². The Labute approximate surface area is 146 Å². The molecule has 1 aliphatic rings. The maximum atomic E-state index is 12.3. The van der Waals surface area contributed by atoms with E-state index in [-0.39, 0.29) is 12.1 Å². The Morgan fingerprint density at radius 2 is 1.88 bits per heavy atom. The fourth-order valence-electron chi connectivity index (χ4n) is 3.32. The van der Waals surface area contributed by atoms with Gasteiger partial charge in [-0.1, -0.05) is 30.3 Å². The number of rotatable bonds is 4. The molecular formula is C20H32N2O2. The normalized spacial score (nSPS) is 21.3. The minimum atomic E-state index is -0.450. The van der Waals surface area contributed by atoms with E-state index in [2.05, 4.69) is 49.1 Å². The van der Waals surface area contributed by atoms with Gasteiger partial charge in [0.1, 0.15) is 5.60 Å². The first-order chi connectivity index (χ1) is 11.2. The summed E-state index contributed by atoms with van der Waals surface area (Å²) >= 11 is 0. The number of benzene rings is 1. The van der Waals surface area contributed by atoms with Crippen molar-refractivity contribution in [3.63, 3.8) is 0 Å². The maximum Gasteiger partial charge on any atom is 0.410 e. The van der Waals surface area contributed by atoms with Gasteiger partial charge in [0.2, 0.25) is 0 Å². The summed E-state index contributed by atoms with van der Waals surface area (Å²) in [5.74, 6) is 0.480. The highest BCUT2D eigenvalue weighted by Gasteiger charge is 2.34. The van der Waals surface area contributed by atoms with Gasteiger partial charge in [0, 0.05) is 25.7 Å². The zero-order valence-electron chi connectivity index (χ0n) is 16.0. The van der Waals surface area contributed by atoms with Gasteiger partial charge in [-0.15, -0.1) is 0 Å². The summed E-state index contributed by atoms with van der Waals surface area (Å²) < 4.78 is 5.50. The van der Waals surface area contributed by atoms with Crippen LogP contribution in [0.5, 0.6) is 0 Å². The average molecular weight is 332 g/mol. The molecule has 1 saturated heterocycles. The summed E-state index contributed by atoms with van der Waals surface area (Å²) in [5.41, 5.74) is 0.903. The zero-order valence-corrected chi connectivity index (χ0v) is 16.0. The molecule has 24 heavy (non-hydrogen) atoms. The maximum absolute atomic E-state index is 12.3. The lowest BCUT2D eigenvalue weighted by atomic mass is 9.99. The molecule has 1 aromatic rings. The van der Waals surface area contributed by atoms with Crippen LogP contribution in [0.4, 0.5) is 4.79 Å². The minimum absolute atomic E-state index is 0.174. The summed E-state index contributed by atoms with van der Waals surface area (Å²) in [6, 6.07) is 11.2. The van der Waals surface area contributed by atoms with E-state index >= 15 is 0 Å². The predicted octanol–water partition coefficient (Wildman–Crippen LogP) is 4.32. The molecule has 0 aromatic heterocycles. The Kier molecular flexibility index (Phi) is 5.92. The topological polar surface area (TPSA) is 32.8 Å². The number of carbonyl (C=O) groups is 1. The molecule has 1 aromatic carbocycles. The molecule has 0 radical (unpaired) electrons. The van der Waals surface area contributed by atoms with Crippen LogP contribution in [0.25, 0.3) is 0 Å². The van der Waals surface area contributed by atoms with Gasteiger partial charge in [-0.2, -0.15) is 0 Å². The van der Waals surface area contributed by atoms with Gasteiger partial charge in [-0.3, -0.25) is 4.90 Å². The van der Waals surface area contributed by atoms with E-state index in [1.54, 1.807) is 4.90 Å². The Hall–Kier alpha value is -1.55. The lowest BCUT2D eigenvalue weighted by Crippen LogP contribution is -2.43. The Bertz CT molecular complexity index is 538. The van der Waals surface area contributed by atoms with Crippen molar-refractivity contribution in [1.82, 2.24) is 9.80 Å². The molecule has 134 valence electrons. The standard InChI is InChI=1S/C20H32N2O2/c1-15(21(6)19(23)24-20(3,4)5)18-12-13-22(14-18)16(2)17-10-8-7-9-11-17/h7-11,15-16,18H,12-14H2,1-6H3/t15-,16-,18-/m0/s1. The number of hydrogen-bond acceptors (Lipinski definition) is 3. The molecule has 4 nitrogen and oxygen atoms in total. The fourth-order valence-corrected chi connectivity index (χ4v) is 3.32. The van der Waals surface area contributed by atoms with Crippen LogP contribution >= 0.6 is 0 Å². The van der Waals surface area contributed by atoms with Crippen molar-refractivity contribution in [2.75, 3.05) is 20.1 Å². The summed E-state index contributed by atoms with van der Waals surface area (Å²) in [7, 11) is 1.85. The van der Waals surface area contributed by atoms with Gasteiger partial charge >= 0.3 is 6.09 Å². The molecule has 1 amide bonds. The first kappa shape index (κ1) is 18.8. The second-order valence-corrected chi connectivity index (χ2v) is 7.96. The molecule has 0 spiro atoms. The summed E-state index contributed by atoms with van der Waals surface area (Å²) in [6.45, 7) is 12.2. The number of amides is 1. The van der Waals surface area contributed by atoms with Crippen LogP contribution in [0.1, 0.15) is 52.6 Å². The SMILES string of the molecule is C[C@@H](c1ccccc1)N1CC[C@H]([C@H](C)N(C)C(=O)OC(C)(C)C)C1. The fraction of sp³-hybridized carbons (Fsp3) is 0.650. The quantitative estimate of drug-likeness (QED) is 0.823. The molecular weight excluding hydrogens is 300 g/mol. The van der Waals surface area contributed by atoms with Crippen LogP contribution < -0.4 is 0 Å². The van der Waals surface area contributed by atoms with Crippen molar-refractivity contribution in [1.29, 1.82) is 0 Å². The van der Waals surface area contributed by atoms with E-state index in [4.69, 9.17) is 4.74 Å². The lowest BCUT2D eigenvalue weighted by molar-refractivity contribution is 0.0185. The van der Waals surface area contributed by atoms with Gasteiger partial charge < -0.3 is 9.64 Å². The molecule has 0 bridgehead atoms. The Morgan fingerprint density at radius 1 is 1.25 bits per heavy atom. The van der Waals surface area contributed by atoms with E-state index in [9.17, 15) is 4.79 Å². The highest BCUT2D eigenvalue weighted by molar-refractivity contribution is 5.68. The first-order valence-corrected chi connectivity index (χ1v) is 8.94. The average Bonchev–Trinajstić information content (AvgIpc) is 3.01. The van der Waals surface area contributed by atoms with E-state index in [0.717, 1.165) is 19.5 Å². The second kappa shape index (κ2) is 7.56. The van der Waals surface area contributed by atoms with Gasteiger partial charge in [-0.05, 0) is 59.1 Å². The van der Waals surface area contributed by atoms with Crippen molar-refractivity contribution >= 4 is 6.09 Å². The number of nitrogens with zero attached hydrogens (tertiary/aromatic N) is 2. The third kappa shape index (κ3) is 4.73. The van der Waals surface area contributed by atoms with Gasteiger partial charge in [-0.25, -0.2) is 4.79 Å². The molecule has 0 N–H and O–H groups in total. The van der Waals surface area contributed by atoms with Gasteiger partial charge in [0.25, 0.3) is 0 Å². The molecule has 3 atom stereocenters. The third-order valence-electron chi connectivity index (χ3n) is 5.06. The van der Waals surface area contributed by atoms with Crippen LogP contribution in [-0.4, -0.2) is 47.7 Å². The van der Waals surface area contributed by atoms with Gasteiger partial charge in [0.15, 0.2) is 0 Å². The number of ether oxygens (including phenoxy) is 1. The Balaban J connectivity index is 1.93. The number of carbonyl (C=O) groups excluding carboxylic acids is 1. The highest BCUT2D eigenvalue weighted by Crippen LogP contribution is 2.30. The van der Waals surface area contributed by atoms with Crippen LogP contribution in [0.15, 0.2) is 30.3 Å². The molecule has 1 heterocycles. The van der Waals surface area contributed by atoms with Crippen molar-refractivity contribution in [2.24, 2.45) is 5.92 Å². The van der Waals surface area contributed by atoms with E-state index in [1.807, 2.05) is 27.8 Å². The Morgan fingerprint density at radius 3 is 2.46 bits per heavy atom. The summed E-state index contributed by atoms with van der Waals surface area (Å²) in [5, 5.41) is 0. The molecule has 1 aliphatic heterocycles. The van der Waals surface area contributed by atoms with Gasteiger partial charge in [0.05, 0.1) is 0 Å². The predicted molar refractivity (Wildman–Crippen MR) is 98.0 cm³/mol.